The molecule has 4 rings (SSSR count). The zero-order chi connectivity index (χ0) is 19.0. The van der Waals surface area contributed by atoms with Crippen molar-refractivity contribution in [3.05, 3.63) is 77.9 Å². The number of anilines is 1. The van der Waals surface area contributed by atoms with Crippen LogP contribution in [0.15, 0.2) is 61.2 Å². The van der Waals surface area contributed by atoms with Crippen molar-refractivity contribution in [2.45, 2.75) is 12.6 Å². The summed E-state index contributed by atoms with van der Waals surface area (Å²) in [5.74, 6) is -0.463. The van der Waals surface area contributed by atoms with E-state index in [0.717, 1.165) is 5.56 Å². The molecule has 0 unspecified atom stereocenters. The Morgan fingerprint density at radius 3 is 2.52 bits per heavy atom. The average Bonchev–Trinajstić information content (AvgIpc) is 2.99. The third-order valence-electron chi connectivity index (χ3n) is 4.91. The maximum absolute atomic E-state index is 13.1. The summed E-state index contributed by atoms with van der Waals surface area (Å²) in [6.07, 6.45) is 1.24. The summed E-state index contributed by atoms with van der Waals surface area (Å²) in [4.78, 5) is 41.5. The number of rotatable bonds is 5. The second kappa shape index (κ2) is 6.72. The Bertz CT molecular complexity index is 953. The van der Waals surface area contributed by atoms with Crippen LogP contribution in [0.4, 0.5) is 5.69 Å². The molecule has 6 nitrogen and oxygen atoms in total. The zero-order valence-corrected chi connectivity index (χ0v) is 14.7. The van der Waals surface area contributed by atoms with E-state index in [9.17, 15) is 14.4 Å². The number of carbonyl (C=O) groups excluding carboxylic acids is 3. The van der Waals surface area contributed by atoms with Gasteiger partial charge in [-0.15, -0.1) is 6.58 Å². The topological polar surface area (TPSA) is 69.7 Å². The first-order chi connectivity index (χ1) is 13.1. The molecule has 0 fully saturated rings. The predicted octanol–water partition coefficient (Wildman–Crippen LogP) is 2.49. The molecule has 1 atom stereocenters. The fourth-order valence-electron chi connectivity index (χ4n) is 3.70. The number of hydrogen-bond acceptors (Lipinski definition) is 3. The smallest absolute Gasteiger partial charge is 0.260 e. The Balaban J connectivity index is 1.73. The molecule has 0 radical (unpaired) electrons. The number of nitrogens with one attached hydrogen (secondary N) is 1. The van der Waals surface area contributed by atoms with Gasteiger partial charge < -0.3 is 10.2 Å². The van der Waals surface area contributed by atoms with Gasteiger partial charge in [-0.2, -0.15) is 0 Å². The summed E-state index contributed by atoms with van der Waals surface area (Å²) in [5, 5.41) is 2.72. The molecule has 2 heterocycles. The van der Waals surface area contributed by atoms with Gasteiger partial charge in [-0.05, 0) is 18.2 Å². The Hall–Kier alpha value is -3.41. The van der Waals surface area contributed by atoms with Crippen LogP contribution < -0.4 is 10.2 Å². The predicted molar refractivity (Wildman–Crippen MR) is 101 cm³/mol. The highest BCUT2D eigenvalue weighted by Crippen LogP contribution is 2.44. The highest BCUT2D eigenvalue weighted by atomic mass is 16.2. The second-order valence-electron chi connectivity index (χ2n) is 6.49. The van der Waals surface area contributed by atoms with Crippen LogP contribution in [0.5, 0.6) is 0 Å². The minimum Gasteiger partial charge on any atom is -0.353 e. The first kappa shape index (κ1) is 17.0. The fourth-order valence-corrected chi connectivity index (χ4v) is 3.70. The Morgan fingerprint density at radius 1 is 1.04 bits per heavy atom. The molecule has 2 aliphatic heterocycles. The van der Waals surface area contributed by atoms with Crippen LogP contribution in [0.3, 0.4) is 0 Å². The van der Waals surface area contributed by atoms with E-state index in [4.69, 9.17) is 0 Å². The molecule has 27 heavy (non-hydrogen) atoms. The van der Waals surface area contributed by atoms with Crippen molar-refractivity contribution in [2.24, 2.45) is 0 Å². The fraction of sp³-hybridized carbons (Fsp3) is 0.190. The molecule has 0 bridgehead atoms. The third-order valence-corrected chi connectivity index (χ3v) is 4.91. The van der Waals surface area contributed by atoms with Crippen molar-refractivity contribution in [1.29, 1.82) is 0 Å². The molecular formula is C21H19N3O3. The van der Waals surface area contributed by atoms with Crippen LogP contribution >= 0.6 is 0 Å². The van der Waals surface area contributed by atoms with Gasteiger partial charge in [0.1, 0.15) is 6.17 Å². The van der Waals surface area contributed by atoms with E-state index in [2.05, 4.69) is 11.9 Å². The minimum atomic E-state index is -0.525. The van der Waals surface area contributed by atoms with Crippen molar-refractivity contribution >= 4 is 23.4 Å². The van der Waals surface area contributed by atoms with Crippen LogP contribution in [0.1, 0.15) is 38.9 Å². The van der Waals surface area contributed by atoms with Gasteiger partial charge in [0, 0.05) is 30.6 Å². The molecule has 0 saturated heterocycles. The summed E-state index contributed by atoms with van der Waals surface area (Å²) >= 11 is 0. The molecule has 0 aromatic heterocycles. The number of benzene rings is 2. The minimum absolute atomic E-state index is 0.128. The molecule has 6 heteroatoms. The van der Waals surface area contributed by atoms with Gasteiger partial charge in [-0.1, -0.05) is 36.4 Å². The molecule has 2 aromatic rings. The van der Waals surface area contributed by atoms with E-state index in [1.807, 2.05) is 24.3 Å². The molecule has 0 spiro atoms. The standard InChI is InChI=1S/C21H19N3O3/c1-2-12-22-18(25)11-13-23-19-14-7-3-4-8-15(14)21(27)24(19)17-10-6-5-9-16(17)20(23)26/h2-10,19H,1,11-13H2,(H,22,25)/t19-/m1/s1. The Labute approximate surface area is 157 Å². The molecular weight excluding hydrogens is 342 g/mol. The molecule has 1 N–H and O–H groups in total. The van der Waals surface area contributed by atoms with Crippen LogP contribution in [0, 0.1) is 0 Å². The molecule has 0 aliphatic carbocycles. The lowest BCUT2D eigenvalue weighted by molar-refractivity contribution is -0.121. The number of carbonyl (C=O) groups is 3. The van der Waals surface area contributed by atoms with Gasteiger partial charge >= 0.3 is 0 Å². The van der Waals surface area contributed by atoms with E-state index >= 15 is 0 Å². The Kier molecular flexibility index (Phi) is 4.24. The lowest BCUT2D eigenvalue weighted by atomic mass is 10.0. The SMILES string of the molecule is C=CCNC(=O)CCN1C(=O)c2ccccc2N2C(=O)c3ccccc3[C@H]12. The summed E-state index contributed by atoms with van der Waals surface area (Å²) < 4.78 is 0. The Morgan fingerprint density at radius 2 is 1.74 bits per heavy atom. The quantitative estimate of drug-likeness (QED) is 0.832. The number of para-hydroxylation sites is 1. The highest BCUT2D eigenvalue weighted by Gasteiger charge is 2.47. The van der Waals surface area contributed by atoms with E-state index < -0.39 is 6.17 Å². The van der Waals surface area contributed by atoms with Crippen LogP contribution in [0.25, 0.3) is 0 Å². The van der Waals surface area contributed by atoms with Crippen molar-refractivity contribution < 1.29 is 14.4 Å². The molecule has 0 saturated carbocycles. The van der Waals surface area contributed by atoms with E-state index in [1.165, 1.54) is 0 Å². The van der Waals surface area contributed by atoms with Gasteiger partial charge in [0.05, 0.1) is 11.3 Å². The van der Waals surface area contributed by atoms with Crippen LogP contribution in [0.2, 0.25) is 0 Å². The second-order valence-corrected chi connectivity index (χ2v) is 6.49. The first-order valence-corrected chi connectivity index (χ1v) is 8.83. The van der Waals surface area contributed by atoms with E-state index in [0.29, 0.717) is 23.4 Å². The number of hydrogen-bond donors (Lipinski definition) is 1. The van der Waals surface area contributed by atoms with Crippen LogP contribution in [-0.2, 0) is 4.79 Å². The first-order valence-electron chi connectivity index (χ1n) is 8.83. The summed E-state index contributed by atoms with van der Waals surface area (Å²) in [7, 11) is 0. The molecule has 136 valence electrons. The zero-order valence-electron chi connectivity index (χ0n) is 14.7. The van der Waals surface area contributed by atoms with Gasteiger partial charge in [0.2, 0.25) is 5.91 Å². The van der Waals surface area contributed by atoms with E-state index in [-0.39, 0.29) is 30.7 Å². The lowest BCUT2D eigenvalue weighted by Crippen LogP contribution is -2.49. The monoisotopic (exact) mass is 361 g/mol. The average molecular weight is 361 g/mol. The van der Waals surface area contributed by atoms with Crippen molar-refractivity contribution in [3.63, 3.8) is 0 Å². The summed E-state index contributed by atoms with van der Waals surface area (Å²) in [5.41, 5.74) is 2.47. The summed E-state index contributed by atoms with van der Waals surface area (Å²) in [6.45, 7) is 4.18. The van der Waals surface area contributed by atoms with Crippen molar-refractivity contribution in [1.82, 2.24) is 10.2 Å². The number of nitrogens with zero attached hydrogens (tertiary/aromatic N) is 2. The summed E-state index contributed by atoms with van der Waals surface area (Å²) in [6, 6.07) is 14.4. The largest absolute Gasteiger partial charge is 0.353 e. The maximum atomic E-state index is 13.1. The highest BCUT2D eigenvalue weighted by molar-refractivity contribution is 6.16. The maximum Gasteiger partial charge on any atom is 0.260 e. The van der Waals surface area contributed by atoms with E-state index in [1.54, 1.807) is 40.1 Å². The normalized spacial score (nSPS) is 17.3. The van der Waals surface area contributed by atoms with Crippen LogP contribution in [-0.4, -0.2) is 35.7 Å². The number of fused-ring (bicyclic) bond motifs is 5. The third kappa shape index (κ3) is 2.70. The van der Waals surface area contributed by atoms with Gasteiger partial charge in [-0.25, -0.2) is 0 Å². The molecule has 3 amide bonds. The van der Waals surface area contributed by atoms with Gasteiger partial charge in [0.15, 0.2) is 0 Å². The van der Waals surface area contributed by atoms with Crippen molar-refractivity contribution in [3.8, 4) is 0 Å². The van der Waals surface area contributed by atoms with Gasteiger partial charge in [0.25, 0.3) is 11.8 Å². The lowest BCUT2D eigenvalue weighted by Gasteiger charge is -2.40. The van der Waals surface area contributed by atoms with Gasteiger partial charge in [-0.3, -0.25) is 19.3 Å². The molecule has 2 aliphatic rings. The van der Waals surface area contributed by atoms with Crippen molar-refractivity contribution in [2.75, 3.05) is 18.0 Å². The number of amides is 3. The molecule has 2 aromatic carbocycles.